The Kier molecular flexibility index (Phi) is 4.61. The van der Waals surface area contributed by atoms with Crippen molar-refractivity contribution in [2.75, 3.05) is 31.2 Å². The minimum Gasteiger partial charge on any atom is -0.394 e. The van der Waals surface area contributed by atoms with Gasteiger partial charge in [-0.15, -0.1) is 0 Å². The number of nitrogens with two attached hydrogens (primary N) is 1. The van der Waals surface area contributed by atoms with Crippen molar-refractivity contribution >= 4 is 21.6 Å². The summed E-state index contributed by atoms with van der Waals surface area (Å²) in [6, 6.07) is 6.13. The highest BCUT2D eigenvalue weighted by atomic mass is 79.9. The summed E-state index contributed by atoms with van der Waals surface area (Å²) in [7, 11) is 0. The molecule has 4 nitrogen and oxygen atoms in total. The molecule has 0 saturated carbocycles. The number of halogens is 1. The minimum atomic E-state index is -0.112. The van der Waals surface area contributed by atoms with E-state index in [0.29, 0.717) is 13.2 Å². The fraction of sp³-hybridized carbons (Fsp3) is 0.538. The Hall–Kier alpha value is -0.620. The quantitative estimate of drug-likeness (QED) is 0.891. The Morgan fingerprint density at radius 2 is 2.39 bits per heavy atom. The molecule has 0 spiro atoms. The van der Waals surface area contributed by atoms with Crippen molar-refractivity contribution in [3.8, 4) is 0 Å². The van der Waals surface area contributed by atoms with Crippen LogP contribution in [0.3, 0.4) is 0 Å². The van der Waals surface area contributed by atoms with Crippen molar-refractivity contribution in [3.05, 3.63) is 28.2 Å². The molecule has 0 bridgehead atoms. The third-order valence-electron chi connectivity index (χ3n) is 3.17. The Balaban J connectivity index is 2.28. The standard InChI is InChI=1S/C13H19BrN2O2/c1-9(15)12-3-2-10(14)6-13(12)16-4-5-18-11(7-16)8-17/h2-3,6,9,11,17H,4-5,7-8,15H2,1H3. The first-order valence-corrected chi connectivity index (χ1v) is 6.93. The topological polar surface area (TPSA) is 58.7 Å². The second-order valence-electron chi connectivity index (χ2n) is 4.61. The molecule has 3 N–H and O–H groups in total. The lowest BCUT2D eigenvalue weighted by molar-refractivity contribution is 0.00351. The van der Waals surface area contributed by atoms with Crippen molar-refractivity contribution in [2.24, 2.45) is 5.73 Å². The van der Waals surface area contributed by atoms with Gasteiger partial charge >= 0.3 is 0 Å². The fourth-order valence-corrected chi connectivity index (χ4v) is 2.57. The number of hydrogen-bond acceptors (Lipinski definition) is 4. The molecule has 2 atom stereocenters. The molecule has 0 aromatic heterocycles. The van der Waals surface area contributed by atoms with E-state index in [-0.39, 0.29) is 18.8 Å². The number of ether oxygens (including phenoxy) is 1. The average molecular weight is 315 g/mol. The van der Waals surface area contributed by atoms with Crippen LogP contribution in [0.25, 0.3) is 0 Å². The first kappa shape index (κ1) is 13.8. The SMILES string of the molecule is CC(N)c1ccc(Br)cc1N1CCOC(CO)C1. The molecule has 1 fully saturated rings. The predicted octanol–water partition coefficient (Wildman–Crippen LogP) is 1.67. The Morgan fingerprint density at radius 1 is 1.61 bits per heavy atom. The van der Waals surface area contributed by atoms with Gasteiger partial charge in [-0.05, 0) is 24.6 Å². The summed E-state index contributed by atoms with van der Waals surface area (Å²) in [5.41, 5.74) is 8.26. The van der Waals surface area contributed by atoms with E-state index in [2.05, 4.69) is 26.9 Å². The van der Waals surface area contributed by atoms with Gasteiger partial charge in [-0.2, -0.15) is 0 Å². The Labute approximate surface area is 116 Å². The van der Waals surface area contributed by atoms with Crippen LogP contribution in [-0.4, -0.2) is 37.5 Å². The molecule has 1 aliphatic heterocycles. The molecule has 0 amide bonds. The van der Waals surface area contributed by atoms with Gasteiger partial charge in [-0.1, -0.05) is 22.0 Å². The zero-order valence-corrected chi connectivity index (χ0v) is 12.1. The molecule has 1 heterocycles. The maximum absolute atomic E-state index is 9.20. The summed E-state index contributed by atoms with van der Waals surface area (Å²) in [4.78, 5) is 2.23. The van der Waals surface area contributed by atoms with E-state index in [4.69, 9.17) is 10.5 Å². The van der Waals surface area contributed by atoms with E-state index < -0.39 is 0 Å². The normalized spacial score (nSPS) is 22.0. The lowest BCUT2D eigenvalue weighted by Gasteiger charge is -2.35. The second-order valence-corrected chi connectivity index (χ2v) is 5.53. The molecule has 1 saturated heterocycles. The monoisotopic (exact) mass is 314 g/mol. The Bertz CT molecular complexity index is 412. The van der Waals surface area contributed by atoms with Crippen molar-refractivity contribution < 1.29 is 9.84 Å². The largest absolute Gasteiger partial charge is 0.394 e. The molecular weight excluding hydrogens is 296 g/mol. The van der Waals surface area contributed by atoms with Gasteiger partial charge in [-0.25, -0.2) is 0 Å². The molecule has 18 heavy (non-hydrogen) atoms. The maximum Gasteiger partial charge on any atom is 0.0980 e. The summed E-state index contributed by atoms with van der Waals surface area (Å²) in [6.07, 6.45) is -0.112. The van der Waals surface area contributed by atoms with Crippen LogP contribution in [0.4, 0.5) is 5.69 Å². The van der Waals surface area contributed by atoms with Gasteiger partial charge in [0.05, 0.1) is 19.3 Å². The molecule has 0 aliphatic carbocycles. The van der Waals surface area contributed by atoms with Gasteiger partial charge in [0.1, 0.15) is 0 Å². The molecule has 5 heteroatoms. The lowest BCUT2D eigenvalue weighted by atomic mass is 10.1. The summed E-state index contributed by atoms with van der Waals surface area (Å²) in [5, 5.41) is 9.20. The Morgan fingerprint density at radius 3 is 3.06 bits per heavy atom. The number of benzene rings is 1. The van der Waals surface area contributed by atoms with Crippen LogP contribution in [-0.2, 0) is 4.74 Å². The van der Waals surface area contributed by atoms with E-state index >= 15 is 0 Å². The highest BCUT2D eigenvalue weighted by molar-refractivity contribution is 9.10. The molecule has 100 valence electrons. The van der Waals surface area contributed by atoms with Crippen molar-refractivity contribution in [1.82, 2.24) is 0 Å². The summed E-state index contributed by atoms with van der Waals surface area (Å²) < 4.78 is 6.51. The number of morpholine rings is 1. The molecular formula is C13H19BrN2O2. The van der Waals surface area contributed by atoms with Crippen molar-refractivity contribution in [3.63, 3.8) is 0 Å². The van der Waals surface area contributed by atoms with E-state index in [0.717, 1.165) is 22.3 Å². The number of aliphatic hydroxyl groups is 1. The number of aliphatic hydroxyl groups excluding tert-OH is 1. The average Bonchev–Trinajstić information content (AvgIpc) is 2.38. The van der Waals surface area contributed by atoms with Crippen LogP contribution in [0.5, 0.6) is 0 Å². The molecule has 0 radical (unpaired) electrons. The zero-order valence-electron chi connectivity index (χ0n) is 10.5. The van der Waals surface area contributed by atoms with Gasteiger partial charge < -0.3 is 20.5 Å². The van der Waals surface area contributed by atoms with Gasteiger partial charge in [-0.3, -0.25) is 0 Å². The zero-order chi connectivity index (χ0) is 13.1. The first-order valence-electron chi connectivity index (χ1n) is 6.14. The van der Waals surface area contributed by atoms with Crippen LogP contribution < -0.4 is 10.6 Å². The minimum absolute atomic E-state index is 0.0106. The van der Waals surface area contributed by atoms with Gasteiger partial charge in [0.2, 0.25) is 0 Å². The van der Waals surface area contributed by atoms with E-state index in [1.165, 1.54) is 0 Å². The highest BCUT2D eigenvalue weighted by Gasteiger charge is 2.22. The van der Waals surface area contributed by atoms with Gasteiger partial charge in [0, 0.05) is 29.3 Å². The predicted molar refractivity (Wildman–Crippen MR) is 75.8 cm³/mol. The highest BCUT2D eigenvalue weighted by Crippen LogP contribution is 2.30. The molecule has 2 rings (SSSR count). The van der Waals surface area contributed by atoms with Crippen molar-refractivity contribution in [2.45, 2.75) is 19.1 Å². The molecule has 2 unspecified atom stereocenters. The van der Waals surface area contributed by atoms with E-state index in [9.17, 15) is 5.11 Å². The summed E-state index contributed by atoms with van der Waals surface area (Å²) >= 11 is 3.50. The summed E-state index contributed by atoms with van der Waals surface area (Å²) in [6.45, 7) is 4.20. The fourth-order valence-electron chi connectivity index (χ4n) is 2.22. The number of hydrogen-bond donors (Lipinski definition) is 2. The molecule has 1 aliphatic rings. The van der Waals surface area contributed by atoms with Crippen LogP contribution in [0, 0.1) is 0 Å². The molecule has 1 aromatic rings. The number of rotatable bonds is 3. The number of anilines is 1. The van der Waals surface area contributed by atoms with E-state index in [1.807, 2.05) is 19.1 Å². The second kappa shape index (κ2) is 6.02. The molecule has 1 aromatic carbocycles. The smallest absolute Gasteiger partial charge is 0.0980 e. The van der Waals surface area contributed by atoms with Crippen LogP contribution in [0.15, 0.2) is 22.7 Å². The van der Waals surface area contributed by atoms with Crippen LogP contribution in [0.2, 0.25) is 0 Å². The van der Waals surface area contributed by atoms with Crippen LogP contribution >= 0.6 is 15.9 Å². The van der Waals surface area contributed by atoms with Crippen molar-refractivity contribution in [1.29, 1.82) is 0 Å². The summed E-state index contributed by atoms with van der Waals surface area (Å²) in [5.74, 6) is 0. The number of nitrogens with zero attached hydrogens (tertiary/aromatic N) is 1. The third kappa shape index (κ3) is 3.03. The van der Waals surface area contributed by atoms with E-state index in [1.54, 1.807) is 0 Å². The maximum atomic E-state index is 9.20. The lowest BCUT2D eigenvalue weighted by Crippen LogP contribution is -2.44. The third-order valence-corrected chi connectivity index (χ3v) is 3.66. The first-order chi connectivity index (χ1) is 8.61. The van der Waals surface area contributed by atoms with Gasteiger partial charge in [0.25, 0.3) is 0 Å². The van der Waals surface area contributed by atoms with Crippen LogP contribution in [0.1, 0.15) is 18.5 Å². The van der Waals surface area contributed by atoms with Gasteiger partial charge in [0.15, 0.2) is 0 Å².